The van der Waals surface area contributed by atoms with Gasteiger partial charge in [-0.1, -0.05) is 6.07 Å². The molecule has 0 aliphatic rings. The molecule has 1 amide bonds. The highest BCUT2D eigenvalue weighted by molar-refractivity contribution is 9.10. The third-order valence-electron chi connectivity index (χ3n) is 4.57. The molecule has 0 aliphatic heterocycles. The quantitative estimate of drug-likeness (QED) is 0.391. The molecule has 1 aromatic heterocycles. The first-order chi connectivity index (χ1) is 14.1. The van der Waals surface area contributed by atoms with E-state index in [1.54, 1.807) is 12.3 Å². The van der Waals surface area contributed by atoms with Crippen molar-refractivity contribution in [2.24, 2.45) is 0 Å². The van der Waals surface area contributed by atoms with E-state index in [0.717, 1.165) is 26.9 Å². The van der Waals surface area contributed by atoms with Crippen molar-refractivity contribution in [1.29, 1.82) is 0 Å². The normalized spacial score (nSPS) is 10.7. The van der Waals surface area contributed by atoms with Crippen molar-refractivity contribution in [2.45, 2.75) is 34.2 Å². The molecule has 1 heterocycles. The number of aromatic nitrogens is 2. The highest BCUT2D eigenvalue weighted by Gasteiger charge is 2.15. The summed E-state index contributed by atoms with van der Waals surface area (Å²) in [6.07, 6.45) is 1.69. The number of carbonyl (C=O) groups is 1. The van der Waals surface area contributed by atoms with Crippen LogP contribution in [0.4, 0.5) is 11.4 Å². The second kappa shape index (κ2) is 8.66. The molecule has 0 spiro atoms. The van der Waals surface area contributed by atoms with E-state index in [0.29, 0.717) is 5.75 Å². The Balaban J connectivity index is 1.86. The van der Waals surface area contributed by atoms with Gasteiger partial charge in [-0.3, -0.25) is 19.6 Å². The second-order valence-corrected chi connectivity index (χ2v) is 7.94. The minimum atomic E-state index is -0.523. The average Bonchev–Trinajstić information content (AvgIpc) is 2.95. The maximum Gasteiger partial charge on any atom is 0.275 e. The number of non-ortho nitro benzene ring substituents is 1. The lowest BCUT2D eigenvalue weighted by molar-refractivity contribution is -0.384. The Bertz CT molecular complexity index is 1120. The van der Waals surface area contributed by atoms with Crippen LogP contribution < -0.4 is 10.1 Å². The van der Waals surface area contributed by atoms with E-state index in [2.05, 4.69) is 26.3 Å². The van der Waals surface area contributed by atoms with E-state index in [-0.39, 0.29) is 29.6 Å². The number of nitrogens with one attached hydrogen (secondary N) is 1. The van der Waals surface area contributed by atoms with Crippen molar-refractivity contribution in [2.75, 3.05) is 5.32 Å². The zero-order valence-corrected chi connectivity index (χ0v) is 18.6. The standard InChI is InChI=1S/C21H21BrN4O4/c1-12-5-13(2)14(3)20(6-12)30-18-8-16(7-17(9-18)26(28)29)23-21(27)11-25-10-19(22)15(4)24-25/h5-10H,11H2,1-4H3,(H,23,27). The summed E-state index contributed by atoms with van der Waals surface area (Å²) in [5.41, 5.74) is 3.88. The Morgan fingerprint density at radius 3 is 2.57 bits per heavy atom. The topological polar surface area (TPSA) is 99.3 Å². The summed E-state index contributed by atoms with van der Waals surface area (Å²) in [7, 11) is 0. The minimum absolute atomic E-state index is 0.0263. The Morgan fingerprint density at radius 2 is 1.93 bits per heavy atom. The second-order valence-electron chi connectivity index (χ2n) is 7.09. The largest absolute Gasteiger partial charge is 0.457 e. The first-order valence-corrected chi connectivity index (χ1v) is 9.96. The van der Waals surface area contributed by atoms with Crippen LogP contribution in [-0.4, -0.2) is 20.6 Å². The Morgan fingerprint density at radius 1 is 1.20 bits per heavy atom. The molecule has 0 bridgehead atoms. The lowest BCUT2D eigenvalue weighted by Crippen LogP contribution is -2.19. The fraction of sp³-hybridized carbons (Fsp3) is 0.238. The van der Waals surface area contributed by atoms with Gasteiger partial charge in [0.05, 0.1) is 26.8 Å². The van der Waals surface area contributed by atoms with Gasteiger partial charge in [-0.2, -0.15) is 5.10 Å². The third kappa shape index (κ3) is 5.04. The van der Waals surface area contributed by atoms with Crippen LogP contribution in [-0.2, 0) is 11.3 Å². The summed E-state index contributed by atoms with van der Waals surface area (Å²) < 4.78 is 8.23. The zero-order chi connectivity index (χ0) is 22.0. The summed E-state index contributed by atoms with van der Waals surface area (Å²) in [6, 6.07) is 8.10. The molecule has 0 aliphatic carbocycles. The van der Waals surface area contributed by atoms with Crippen LogP contribution in [0.15, 0.2) is 41.0 Å². The number of aryl methyl sites for hydroxylation is 3. The molecule has 9 heteroatoms. The molecule has 1 N–H and O–H groups in total. The van der Waals surface area contributed by atoms with Crippen molar-refractivity contribution in [3.63, 3.8) is 0 Å². The van der Waals surface area contributed by atoms with Crippen molar-refractivity contribution in [3.8, 4) is 11.5 Å². The molecular formula is C21H21BrN4O4. The summed E-state index contributed by atoms with van der Waals surface area (Å²) in [5, 5.41) is 18.3. The number of amides is 1. The van der Waals surface area contributed by atoms with Gasteiger partial charge in [0.2, 0.25) is 5.91 Å². The van der Waals surface area contributed by atoms with Gasteiger partial charge < -0.3 is 10.1 Å². The van der Waals surface area contributed by atoms with Crippen molar-refractivity contribution >= 4 is 33.2 Å². The van der Waals surface area contributed by atoms with Gasteiger partial charge in [-0.25, -0.2) is 0 Å². The van der Waals surface area contributed by atoms with Gasteiger partial charge in [0, 0.05) is 18.3 Å². The number of nitrogens with zero attached hydrogens (tertiary/aromatic N) is 3. The van der Waals surface area contributed by atoms with E-state index >= 15 is 0 Å². The van der Waals surface area contributed by atoms with E-state index in [1.165, 1.54) is 16.8 Å². The van der Waals surface area contributed by atoms with Crippen LogP contribution in [0.25, 0.3) is 0 Å². The SMILES string of the molecule is Cc1cc(C)c(C)c(Oc2cc(NC(=O)Cn3cc(Br)c(C)n3)cc([N+](=O)[O-])c2)c1. The van der Waals surface area contributed by atoms with Crippen LogP contribution >= 0.6 is 15.9 Å². The number of benzene rings is 2. The smallest absolute Gasteiger partial charge is 0.275 e. The van der Waals surface area contributed by atoms with E-state index in [1.807, 2.05) is 39.8 Å². The minimum Gasteiger partial charge on any atom is -0.457 e. The third-order valence-corrected chi connectivity index (χ3v) is 5.35. The Hall–Kier alpha value is -3.20. The molecule has 0 saturated heterocycles. The number of halogens is 1. The van der Waals surface area contributed by atoms with E-state index < -0.39 is 4.92 Å². The summed E-state index contributed by atoms with van der Waals surface area (Å²) in [5.74, 6) is 0.520. The highest BCUT2D eigenvalue weighted by Crippen LogP contribution is 2.33. The number of nitro benzene ring substituents is 1. The van der Waals surface area contributed by atoms with Crippen LogP contribution in [0, 0.1) is 37.8 Å². The number of ether oxygens (including phenoxy) is 1. The fourth-order valence-corrected chi connectivity index (χ4v) is 3.29. The van der Waals surface area contributed by atoms with Gasteiger partial charge in [-0.15, -0.1) is 0 Å². The maximum absolute atomic E-state index is 12.4. The Labute approximate surface area is 182 Å². The van der Waals surface area contributed by atoms with Crippen LogP contribution in [0.1, 0.15) is 22.4 Å². The molecule has 0 radical (unpaired) electrons. The van der Waals surface area contributed by atoms with Crippen molar-refractivity contribution in [1.82, 2.24) is 9.78 Å². The molecule has 156 valence electrons. The number of rotatable bonds is 6. The van der Waals surface area contributed by atoms with E-state index in [4.69, 9.17) is 4.74 Å². The molecule has 8 nitrogen and oxygen atoms in total. The zero-order valence-electron chi connectivity index (χ0n) is 17.0. The lowest BCUT2D eigenvalue weighted by atomic mass is 10.1. The number of nitro groups is 1. The summed E-state index contributed by atoms with van der Waals surface area (Å²) in [6.45, 7) is 7.64. The monoisotopic (exact) mass is 472 g/mol. The molecule has 0 atom stereocenters. The number of hydrogen-bond acceptors (Lipinski definition) is 5. The molecule has 3 rings (SSSR count). The Kier molecular flexibility index (Phi) is 6.21. The first kappa shape index (κ1) is 21.5. The predicted molar refractivity (Wildman–Crippen MR) is 117 cm³/mol. The van der Waals surface area contributed by atoms with Crippen LogP contribution in [0.2, 0.25) is 0 Å². The van der Waals surface area contributed by atoms with Crippen molar-refractivity contribution < 1.29 is 14.5 Å². The van der Waals surface area contributed by atoms with Crippen LogP contribution in [0.5, 0.6) is 11.5 Å². The molecule has 0 unspecified atom stereocenters. The molecule has 3 aromatic rings. The van der Waals surface area contributed by atoms with Gasteiger partial charge in [-0.05, 0) is 66.4 Å². The highest BCUT2D eigenvalue weighted by atomic mass is 79.9. The molecule has 30 heavy (non-hydrogen) atoms. The summed E-state index contributed by atoms with van der Waals surface area (Å²) >= 11 is 3.35. The first-order valence-electron chi connectivity index (χ1n) is 9.17. The van der Waals surface area contributed by atoms with Crippen LogP contribution in [0.3, 0.4) is 0 Å². The molecule has 0 saturated carbocycles. The van der Waals surface area contributed by atoms with Gasteiger partial charge in [0.15, 0.2) is 0 Å². The molecule has 0 fully saturated rings. The van der Waals surface area contributed by atoms with Crippen molar-refractivity contribution in [3.05, 3.63) is 73.5 Å². The van der Waals surface area contributed by atoms with E-state index in [9.17, 15) is 14.9 Å². The molecular weight excluding hydrogens is 452 g/mol. The predicted octanol–water partition coefficient (Wildman–Crippen LogP) is 5.22. The lowest BCUT2D eigenvalue weighted by Gasteiger charge is -2.13. The van der Waals surface area contributed by atoms with Gasteiger partial charge >= 0.3 is 0 Å². The molecule has 2 aromatic carbocycles. The summed E-state index contributed by atoms with van der Waals surface area (Å²) in [4.78, 5) is 23.2. The number of anilines is 1. The number of carbonyl (C=O) groups excluding carboxylic acids is 1. The van der Waals surface area contributed by atoms with Gasteiger partial charge in [0.1, 0.15) is 18.0 Å². The maximum atomic E-state index is 12.4. The fourth-order valence-electron chi connectivity index (χ4n) is 2.98. The van der Waals surface area contributed by atoms with Gasteiger partial charge in [0.25, 0.3) is 5.69 Å². The number of hydrogen-bond donors (Lipinski definition) is 1. The average molecular weight is 473 g/mol.